The molecule has 2 heterocycles. The van der Waals surface area contributed by atoms with Crippen molar-refractivity contribution in [2.75, 3.05) is 33.2 Å². The monoisotopic (exact) mass is 314 g/mol. The highest BCUT2D eigenvalue weighted by molar-refractivity contribution is 5.77. The minimum atomic E-state index is -0.190. The number of rotatable bonds is 4. The third-order valence-corrected chi connectivity index (χ3v) is 4.28. The van der Waals surface area contributed by atoms with Crippen LogP contribution in [0.1, 0.15) is 29.7 Å². The van der Waals surface area contributed by atoms with Gasteiger partial charge in [0.15, 0.2) is 0 Å². The number of benzene rings is 1. The summed E-state index contributed by atoms with van der Waals surface area (Å²) in [7, 11) is 2.08. The number of aryl methyl sites for hydroxylation is 1. The van der Waals surface area contributed by atoms with Gasteiger partial charge < -0.3 is 14.2 Å². The highest BCUT2D eigenvalue weighted by atomic mass is 16.4. The fraction of sp³-hybridized carbons (Fsp3) is 0.471. The van der Waals surface area contributed by atoms with Gasteiger partial charge in [0.05, 0.1) is 5.92 Å². The van der Waals surface area contributed by atoms with Crippen LogP contribution in [-0.2, 0) is 4.79 Å². The Morgan fingerprint density at radius 3 is 2.48 bits per heavy atom. The van der Waals surface area contributed by atoms with Crippen LogP contribution >= 0.6 is 0 Å². The van der Waals surface area contributed by atoms with Gasteiger partial charge in [-0.25, -0.2) is 0 Å². The number of hydrogen-bond acceptors (Lipinski definition) is 5. The molecule has 0 saturated carbocycles. The highest BCUT2D eigenvalue weighted by Crippen LogP contribution is 2.27. The SMILES string of the molecule is Cc1nnc(C(CC(=O)N2CCN(C)CC2)c2ccccc2)o1. The van der Waals surface area contributed by atoms with Gasteiger partial charge in [0.2, 0.25) is 17.7 Å². The van der Waals surface area contributed by atoms with Gasteiger partial charge in [-0.05, 0) is 12.6 Å². The molecule has 6 nitrogen and oxygen atoms in total. The van der Waals surface area contributed by atoms with Crippen molar-refractivity contribution >= 4 is 5.91 Å². The van der Waals surface area contributed by atoms with Crippen LogP contribution < -0.4 is 0 Å². The summed E-state index contributed by atoms with van der Waals surface area (Å²) in [6.45, 7) is 5.16. The zero-order valence-electron chi connectivity index (χ0n) is 13.6. The molecule has 23 heavy (non-hydrogen) atoms. The molecule has 1 saturated heterocycles. The second kappa shape index (κ2) is 6.91. The molecule has 0 spiro atoms. The van der Waals surface area contributed by atoms with Crippen LogP contribution in [0.5, 0.6) is 0 Å². The molecule has 1 aliphatic rings. The molecule has 0 aliphatic carbocycles. The van der Waals surface area contributed by atoms with Gasteiger partial charge >= 0.3 is 0 Å². The lowest BCUT2D eigenvalue weighted by Crippen LogP contribution is -2.47. The molecular formula is C17H22N4O2. The van der Waals surface area contributed by atoms with Gasteiger partial charge in [0.25, 0.3) is 0 Å². The normalized spacial score (nSPS) is 17.2. The van der Waals surface area contributed by atoms with E-state index >= 15 is 0 Å². The number of carbonyl (C=O) groups excluding carboxylic acids is 1. The minimum absolute atomic E-state index is 0.141. The lowest BCUT2D eigenvalue weighted by atomic mass is 9.95. The van der Waals surface area contributed by atoms with Crippen molar-refractivity contribution in [3.05, 3.63) is 47.7 Å². The third kappa shape index (κ3) is 3.76. The minimum Gasteiger partial charge on any atom is -0.425 e. The average molecular weight is 314 g/mol. The summed E-state index contributed by atoms with van der Waals surface area (Å²) in [5, 5.41) is 8.05. The molecule has 1 aromatic heterocycles. The summed E-state index contributed by atoms with van der Waals surface area (Å²) in [4.78, 5) is 16.9. The molecule has 0 bridgehead atoms. The topological polar surface area (TPSA) is 62.5 Å². The van der Waals surface area contributed by atoms with Crippen LogP contribution in [0.25, 0.3) is 0 Å². The van der Waals surface area contributed by atoms with E-state index in [1.54, 1.807) is 6.92 Å². The van der Waals surface area contributed by atoms with Crippen LogP contribution in [0.3, 0.4) is 0 Å². The second-order valence-corrected chi connectivity index (χ2v) is 6.01. The van der Waals surface area contributed by atoms with Crippen molar-refractivity contribution in [3.63, 3.8) is 0 Å². The summed E-state index contributed by atoms with van der Waals surface area (Å²) in [6.07, 6.45) is 0.357. The van der Waals surface area contributed by atoms with E-state index in [9.17, 15) is 4.79 Å². The maximum absolute atomic E-state index is 12.7. The molecule has 1 unspecified atom stereocenters. The Labute approximate surface area is 136 Å². The second-order valence-electron chi connectivity index (χ2n) is 6.01. The predicted molar refractivity (Wildman–Crippen MR) is 86.0 cm³/mol. The average Bonchev–Trinajstić information content (AvgIpc) is 3.00. The van der Waals surface area contributed by atoms with Crippen molar-refractivity contribution < 1.29 is 9.21 Å². The van der Waals surface area contributed by atoms with E-state index in [0.29, 0.717) is 18.2 Å². The first-order valence-electron chi connectivity index (χ1n) is 7.95. The fourth-order valence-electron chi connectivity index (χ4n) is 2.85. The van der Waals surface area contributed by atoms with Crippen molar-refractivity contribution in [3.8, 4) is 0 Å². The first-order chi connectivity index (χ1) is 11.1. The predicted octanol–water partition coefficient (Wildman–Crippen LogP) is 1.67. The Bertz CT molecular complexity index is 648. The Hall–Kier alpha value is -2.21. The van der Waals surface area contributed by atoms with Crippen molar-refractivity contribution in [2.45, 2.75) is 19.3 Å². The highest BCUT2D eigenvalue weighted by Gasteiger charge is 2.27. The number of nitrogens with zero attached hydrogens (tertiary/aromatic N) is 4. The summed E-state index contributed by atoms with van der Waals surface area (Å²) >= 11 is 0. The van der Waals surface area contributed by atoms with Crippen molar-refractivity contribution in [2.24, 2.45) is 0 Å². The molecule has 6 heteroatoms. The van der Waals surface area contributed by atoms with Gasteiger partial charge in [0.1, 0.15) is 0 Å². The number of piperazine rings is 1. The zero-order valence-corrected chi connectivity index (χ0v) is 13.6. The molecule has 1 aliphatic heterocycles. The maximum Gasteiger partial charge on any atom is 0.224 e. The zero-order chi connectivity index (χ0) is 16.2. The largest absolute Gasteiger partial charge is 0.425 e. The lowest BCUT2D eigenvalue weighted by molar-refractivity contribution is -0.133. The summed E-state index contributed by atoms with van der Waals surface area (Å²) in [5.41, 5.74) is 1.03. The Morgan fingerprint density at radius 1 is 1.17 bits per heavy atom. The first-order valence-corrected chi connectivity index (χ1v) is 7.95. The molecule has 1 fully saturated rings. The molecule has 1 aromatic carbocycles. The first kappa shape index (κ1) is 15.7. The van der Waals surface area contributed by atoms with Crippen LogP contribution in [0.2, 0.25) is 0 Å². The molecule has 1 atom stereocenters. The van der Waals surface area contributed by atoms with E-state index in [1.807, 2.05) is 35.2 Å². The van der Waals surface area contributed by atoms with Gasteiger partial charge in [-0.3, -0.25) is 4.79 Å². The van der Waals surface area contributed by atoms with Crippen LogP contribution in [0, 0.1) is 6.92 Å². The van der Waals surface area contributed by atoms with E-state index in [1.165, 1.54) is 0 Å². The van der Waals surface area contributed by atoms with E-state index < -0.39 is 0 Å². The number of amides is 1. The number of carbonyl (C=O) groups is 1. The quantitative estimate of drug-likeness (QED) is 0.859. The van der Waals surface area contributed by atoms with Crippen molar-refractivity contribution in [1.82, 2.24) is 20.0 Å². The summed E-state index contributed by atoms with van der Waals surface area (Å²) in [5.74, 6) is 0.983. The number of likely N-dealkylation sites (N-methyl/N-ethyl adjacent to an activating group) is 1. The van der Waals surface area contributed by atoms with E-state index in [0.717, 1.165) is 31.7 Å². The molecule has 3 rings (SSSR count). The summed E-state index contributed by atoms with van der Waals surface area (Å²) in [6, 6.07) is 9.89. The van der Waals surface area contributed by atoms with Gasteiger partial charge in [0, 0.05) is 39.5 Å². The van der Waals surface area contributed by atoms with Crippen molar-refractivity contribution in [1.29, 1.82) is 0 Å². The van der Waals surface area contributed by atoms with Crippen LogP contribution in [0.15, 0.2) is 34.7 Å². The van der Waals surface area contributed by atoms with Gasteiger partial charge in [-0.1, -0.05) is 30.3 Å². The van der Waals surface area contributed by atoms with Gasteiger partial charge in [-0.15, -0.1) is 10.2 Å². The Kier molecular flexibility index (Phi) is 4.71. The Balaban J connectivity index is 1.78. The van der Waals surface area contributed by atoms with E-state index in [-0.39, 0.29) is 11.8 Å². The van der Waals surface area contributed by atoms with Gasteiger partial charge in [-0.2, -0.15) is 0 Å². The molecule has 2 aromatic rings. The third-order valence-electron chi connectivity index (χ3n) is 4.28. The number of aromatic nitrogens is 2. The standard InChI is InChI=1S/C17H22N4O2/c1-13-18-19-17(23-13)15(14-6-4-3-5-7-14)12-16(22)21-10-8-20(2)9-11-21/h3-7,15H,8-12H2,1-2H3. The maximum atomic E-state index is 12.7. The molecule has 1 amide bonds. The fourth-order valence-corrected chi connectivity index (χ4v) is 2.85. The van der Waals surface area contributed by atoms with E-state index in [2.05, 4.69) is 22.1 Å². The molecule has 122 valence electrons. The lowest BCUT2D eigenvalue weighted by Gasteiger charge is -2.33. The van der Waals surface area contributed by atoms with Crippen LogP contribution in [0.4, 0.5) is 0 Å². The van der Waals surface area contributed by atoms with E-state index in [4.69, 9.17) is 4.42 Å². The smallest absolute Gasteiger partial charge is 0.224 e. The molecular weight excluding hydrogens is 292 g/mol. The molecule has 0 N–H and O–H groups in total. The Morgan fingerprint density at radius 2 is 1.87 bits per heavy atom. The number of hydrogen-bond donors (Lipinski definition) is 0. The summed E-state index contributed by atoms with van der Waals surface area (Å²) < 4.78 is 5.60. The molecule has 0 radical (unpaired) electrons. The van der Waals surface area contributed by atoms with Crippen LogP contribution in [-0.4, -0.2) is 59.1 Å².